The fourth-order valence-corrected chi connectivity index (χ4v) is 1.91. The Morgan fingerprint density at radius 3 is 2.69 bits per heavy atom. The van der Waals surface area contributed by atoms with Crippen molar-refractivity contribution in [3.63, 3.8) is 0 Å². The second-order valence-electron chi connectivity index (χ2n) is 4.60. The third-order valence-electron chi connectivity index (χ3n) is 2.64. The van der Waals surface area contributed by atoms with Crippen LogP contribution in [-0.4, -0.2) is 19.3 Å². The van der Waals surface area contributed by atoms with Crippen LogP contribution in [0.3, 0.4) is 0 Å². The van der Waals surface area contributed by atoms with E-state index in [-0.39, 0.29) is 10.6 Å². The van der Waals surface area contributed by atoms with Gasteiger partial charge in [0.05, 0.1) is 17.2 Å². The lowest BCUT2D eigenvalue weighted by Gasteiger charge is -2.16. The Kier molecular flexibility index (Phi) is 2.99. The minimum atomic E-state index is -0.498. The van der Waals surface area contributed by atoms with Gasteiger partial charge in [0.1, 0.15) is 5.82 Å². The zero-order chi connectivity index (χ0) is 11.9. The van der Waals surface area contributed by atoms with Crippen molar-refractivity contribution in [3.8, 4) is 0 Å². The molecule has 0 amide bonds. The topological polar surface area (TPSA) is 18.5 Å². The Morgan fingerprint density at radius 2 is 2.12 bits per heavy atom. The Bertz CT molecular complexity index is 423. The van der Waals surface area contributed by atoms with E-state index in [0.29, 0.717) is 17.6 Å². The molecule has 0 spiro atoms. The first-order valence-electron chi connectivity index (χ1n) is 5.15. The minimum Gasteiger partial charge on any atom is -0.404 e. The molecular weight excluding hydrogens is 229 g/mol. The van der Waals surface area contributed by atoms with Gasteiger partial charge in [-0.3, -0.25) is 0 Å². The van der Waals surface area contributed by atoms with Gasteiger partial charge in [-0.05, 0) is 37.9 Å². The number of hydrogen-bond acceptors (Lipinski definition) is 2. The lowest BCUT2D eigenvalue weighted by Crippen LogP contribution is -2.36. The van der Waals surface area contributed by atoms with Gasteiger partial charge in [-0.25, -0.2) is 4.39 Å². The van der Waals surface area contributed by atoms with Crippen molar-refractivity contribution in [2.24, 2.45) is 0 Å². The first-order valence-corrected chi connectivity index (χ1v) is 5.52. The van der Waals surface area contributed by atoms with Gasteiger partial charge in [-0.15, -0.1) is 0 Å². The van der Waals surface area contributed by atoms with Crippen LogP contribution in [0, 0.1) is 12.7 Å². The summed E-state index contributed by atoms with van der Waals surface area (Å²) >= 11 is 5.69. The number of halogens is 2. The van der Waals surface area contributed by atoms with Gasteiger partial charge in [-0.2, -0.15) is 0 Å². The van der Waals surface area contributed by atoms with Gasteiger partial charge in [-0.1, -0.05) is 17.7 Å². The first kappa shape index (κ1) is 11.9. The summed E-state index contributed by atoms with van der Waals surface area (Å²) in [4.78, 5) is 0. The highest BCUT2D eigenvalue weighted by atomic mass is 35.5. The van der Waals surface area contributed by atoms with Gasteiger partial charge in [0.15, 0.2) is 0 Å². The molecule has 16 heavy (non-hydrogen) atoms. The van der Waals surface area contributed by atoms with E-state index in [1.54, 1.807) is 13.0 Å². The smallest absolute Gasteiger partial charge is 0.404 e. The maximum Gasteiger partial charge on any atom is 0.494 e. The molecule has 0 N–H and O–H groups in total. The summed E-state index contributed by atoms with van der Waals surface area (Å²) in [5, 5.41) is 0.124. The SMILES string of the molecule is Cc1c(B2OCC(C)(C)O2)ccc(Cl)c1F. The van der Waals surface area contributed by atoms with Crippen molar-refractivity contribution in [3.05, 3.63) is 28.5 Å². The molecule has 0 aliphatic carbocycles. The van der Waals surface area contributed by atoms with Crippen LogP contribution in [0.15, 0.2) is 12.1 Å². The number of hydrogen-bond donors (Lipinski definition) is 0. The summed E-state index contributed by atoms with van der Waals surface area (Å²) in [5.74, 6) is -0.406. The monoisotopic (exact) mass is 242 g/mol. The van der Waals surface area contributed by atoms with Crippen molar-refractivity contribution in [2.75, 3.05) is 6.61 Å². The van der Waals surface area contributed by atoms with Crippen LogP contribution in [0.25, 0.3) is 0 Å². The van der Waals surface area contributed by atoms with Crippen molar-refractivity contribution in [1.29, 1.82) is 0 Å². The summed E-state index contributed by atoms with van der Waals surface area (Å²) in [6, 6.07) is 3.27. The Balaban J connectivity index is 2.32. The second-order valence-corrected chi connectivity index (χ2v) is 5.00. The molecule has 1 saturated heterocycles. The maximum absolute atomic E-state index is 13.6. The molecule has 86 valence electrons. The van der Waals surface area contributed by atoms with Crippen LogP contribution in [0.4, 0.5) is 4.39 Å². The summed E-state index contributed by atoms with van der Waals surface area (Å²) < 4.78 is 24.8. The van der Waals surface area contributed by atoms with Crippen molar-refractivity contribution in [2.45, 2.75) is 26.4 Å². The van der Waals surface area contributed by atoms with E-state index in [4.69, 9.17) is 20.9 Å². The van der Waals surface area contributed by atoms with Crippen LogP contribution < -0.4 is 5.46 Å². The van der Waals surface area contributed by atoms with E-state index < -0.39 is 12.9 Å². The maximum atomic E-state index is 13.6. The van der Waals surface area contributed by atoms with Crippen LogP contribution in [0.2, 0.25) is 5.02 Å². The molecule has 1 aromatic rings. The lowest BCUT2D eigenvalue weighted by atomic mass is 9.76. The van der Waals surface area contributed by atoms with E-state index in [0.717, 1.165) is 0 Å². The Labute approximate surface area is 99.8 Å². The predicted octanol–water partition coefficient (Wildman–Crippen LogP) is 2.31. The highest BCUT2D eigenvalue weighted by Gasteiger charge is 2.39. The molecule has 0 bridgehead atoms. The minimum absolute atomic E-state index is 0.124. The summed E-state index contributed by atoms with van der Waals surface area (Å²) in [6.07, 6.45) is 0. The van der Waals surface area contributed by atoms with Crippen LogP contribution in [-0.2, 0) is 9.31 Å². The molecule has 5 heteroatoms. The first-order chi connectivity index (χ1) is 7.41. The largest absolute Gasteiger partial charge is 0.494 e. The number of benzene rings is 1. The Morgan fingerprint density at radius 1 is 1.44 bits per heavy atom. The molecule has 1 fully saturated rings. The molecule has 1 heterocycles. The molecule has 0 aromatic heterocycles. The van der Waals surface area contributed by atoms with Gasteiger partial charge >= 0.3 is 7.12 Å². The zero-order valence-electron chi connectivity index (χ0n) is 9.51. The fraction of sp³-hybridized carbons (Fsp3) is 0.455. The van der Waals surface area contributed by atoms with Crippen molar-refractivity contribution >= 4 is 24.2 Å². The molecule has 2 rings (SSSR count). The zero-order valence-corrected chi connectivity index (χ0v) is 10.3. The summed E-state index contributed by atoms with van der Waals surface area (Å²) in [7, 11) is -0.498. The van der Waals surface area contributed by atoms with E-state index in [1.165, 1.54) is 6.07 Å². The van der Waals surface area contributed by atoms with Gasteiger partial charge < -0.3 is 9.31 Å². The normalized spacial score (nSPS) is 19.2. The van der Waals surface area contributed by atoms with Crippen LogP contribution in [0.1, 0.15) is 19.4 Å². The Hall–Kier alpha value is -0.575. The van der Waals surface area contributed by atoms with E-state index in [2.05, 4.69) is 0 Å². The third kappa shape index (κ3) is 2.10. The quantitative estimate of drug-likeness (QED) is 0.704. The van der Waals surface area contributed by atoms with E-state index >= 15 is 0 Å². The van der Waals surface area contributed by atoms with Crippen molar-refractivity contribution < 1.29 is 13.7 Å². The van der Waals surface area contributed by atoms with Gasteiger partial charge in [0.25, 0.3) is 0 Å². The average Bonchev–Trinajstić information content (AvgIpc) is 2.55. The second kappa shape index (κ2) is 4.02. The van der Waals surface area contributed by atoms with Gasteiger partial charge in [0.2, 0.25) is 0 Å². The molecule has 1 aliphatic rings. The highest BCUT2D eigenvalue weighted by Crippen LogP contribution is 2.22. The fourth-order valence-electron chi connectivity index (χ4n) is 1.71. The lowest BCUT2D eigenvalue weighted by molar-refractivity contribution is 0.137. The van der Waals surface area contributed by atoms with Crippen LogP contribution in [0.5, 0.6) is 0 Å². The molecule has 2 nitrogen and oxygen atoms in total. The molecule has 0 atom stereocenters. The van der Waals surface area contributed by atoms with Crippen molar-refractivity contribution in [1.82, 2.24) is 0 Å². The molecule has 0 radical (unpaired) electrons. The molecule has 0 unspecified atom stereocenters. The third-order valence-corrected chi connectivity index (χ3v) is 2.94. The van der Waals surface area contributed by atoms with Crippen LogP contribution >= 0.6 is 11.6 Å². The molecular formula is C11H13BClFO2. The highest BCUT2D eigenvalue weighted by molar-refractivity contribution is 6.62. The summed E-state index contributed by atoms with van der Waals surface area (Å²) in [5.41, 5.74) is 0.857. The molecule has 0 saturated carbocycles. The molecule has 1 aliphatic heterocycles. The number of rotatable bonds is 1. The summed E-state index contributed by atoms with van der Waals surface area (Å²) in [6.45, 7) is 6.05. The van der Waals surface area contributed by atoms with E-state index in [1.807, 2.05) is 13.8 Å². The average molecular weight is 242 g/mol. The van der Waals surface area contributed by atoms with Gasteiger partial charge in [0, 0.05) is 0 Å². The van der Waals surface area contributed by atoms with E-state index in [9.17, 15) is 4.39 Å². The molecule has 1 aromatic carbocycles. The predicted molar refractivity (Wildman–Crippen MR) is 62.7 cm³/mol. The standard InChI is InChI=1S/C11H13BClFO2/c1-7-8(4-5-9(13)10(7)14)12-15-6-11(2,3)16-12/h4-5H,6H2,1-3H3.